The molecule has 0 bridgehead atoms. The number of nitrogens with one attached hydrogen (secondary N) is 1. The molecule has 0 heterocycles. The lowest BCUT2D eigenvalue weighted by atomic mass is 10.2. The molecule has 0 fully saturated rings. The summed E-state index contributed by atoms with van der Waals surface area (Å²) in [5, 5.41) is 11.3. The standard InChI is InChI=1S/C12H12F3NO4S/c1-20-9-4-7(2-3-8(9)11(18)19)16-10(17)5-21-6-12(13,14)15/h2-4H,5-6H2,1H3,(H,16,17)(H,18,19). The number of hydrogen-bond donors (Lipinski definition) is 2. The Morgan fingerprint density at radius 3 is 2.57 bits per heavy atom. The van der Waals surface area contributed by atoms with Crippen LogP contribution < -0.4 is 10.1 Å². The molecule has 9 heteroatoms. The minimum Gasteiger partial charge on any atom is -0.496 e. The molecule has 1 amide bonds. The topological polar surface area (TPSA) is 75.6 Å². The largest absolute Gasteiger partial charge is 0.496 e. The normalized spacial score (nSPS) is 11.0. The smallest absolute Gasteiger partial charge is 0.397 e. The highest BCUT2D eigenvalue weighted by Crippen LogP contribution is 2.24. The zero-order chi connectivity index (χ0) is 16.0. The quantitative estimate of drug-likeness (QED) is 0.842. The van der Waals surface area contributed by atoms with E-state index in [0.29, 0.717) is 11.8 Å². The summed E-state index contributed by atoms with van der Waals surface area (Å²) in [6.07, 6.45) is -4.32. The van der Waals surface area contributed by atoms with Crippen LogP contribution in [0.4, 0.5) is 18.9 Å². The van der Waals surface area contributed by atoms with Crippen molar-refractivity contribution in [2.45, 2.75) is 6.18 Å². The third kappa shape index (κ3) is 5.94. The zero-order valence-corrected chi connectivity index (χ0v) is 11.7. The number of ether oxygens (including phenoxy) is 1. The molecule has 0 aromatic heterocycles. The highest BCUT2D eigenvalue weighted by molar-refractivity contribution is 8.00. The summed E-state index contributed by atoms with van der Waals surface area (Å²) in [6, 6.07) is 3.85. The van der Waals surface area contributed by atoms with Gasteiger partial charge in [0, 0.05) is 11.8 Å². The summed E-state index contributed by atoms with van der Waals surface area (Å²) < 4.78 is 40.6. The van der Waals surface area contributed by atoms with Crippen LogP contribution in [0, 0.1) is 0 Å². The molecule has 2 N–H and O–H groups in total. The second-order valence-electron chi connectivity index (χ2n) is 3.88. The number of halogens is 3. The van der Waals surface area contributed by atoms with Crippen LogP contribution in [0.25, 0.3) is 0 Å². The van der Waals surface area contributed by atoms with Crippen molar-refractivity contribution in [1.29, 1.82) is 0 Å². The molecule has 0 aliphatic heterocycles. The van der Waals surface area contributed by atoms with Gasteiger partial charge < -0.3 is 15.2 Å². The van der Waals surface area contributed by atoms with Crippen molar-refractivity contribution in [2.75, 3.05) is 23.9 Å². The minimum absolute atomic E-state index is 0.0447. The fraction of sp³-hybridized carbons (Fsp3) is 0.333. The fourth-order valence-electron chi connectivity index (χ4n) is 1.40. The summed E-state index contributed by atoms with van der Waals surface area (Å²) in [7, 11) is 1.27. The predicted molar refractivity (Wildman–Crippen MR) is 72.0 cm³/mol. The van der Waals surface area contributed by atoms with Gasteiger partial charge in [0.15, 0.2) is 0 Å². The monoisotopic (exact) mass is 323 g/mol. The molecule has 0 radical (unpaired) electrons. The number of carboxylic acids is 1. The van der Waals surface area contributed by atoms with Crippen molar-refractivity contribution >= 4 is 29.3 Å². The van der Waals surface area contributed by atoms with Crippen molar-refractivity contribution in [1.82, 2.24) is 0 Å². The maximum atomic E-state index is 11.9. The van der Waals surface area contributed by atoms with Gasteiger partial charge in [0.05, 0.1) is 18.6 Å². The summed E-state index contributed by atoms with van der Waals surface area (Å²) in [5.74, 6) is -3.23. The number of aromatic carboxylic acids is 1. The number of carboxylic acid groups (broad SMARTS) is 1. The Bertz CT molecular complexity index is 534. The van der Waals surface area contributed by atoms with Gasteiger partial charge in [-0.3, -0.25) is 4.79 Å². The van der Waals surface area contributed by atoms with Crippen molar-refractivity contribution in [3.63, 3.8) is 0 Å². The number of carbonyl (C=O) groups is 2. The summed E-state index contributed by atoms with van der Waals surface area (Å²) >= 11 is 0.443. The Morgan fingerprint density at radius 1 is 1.38 bits per heavy atom. The minimum atomic E-state index is -4.32. The maximum absolute atomic E-state index is 11.9. The van der Waals surface area contributed by atoms with E-state index in [0.717, 1.165) is 0 Å². The van der Waals surface area contributed by atoms with Crippen LogP contribution in [0.15, 0.2) is 18.2 Å². The molecule has 0 atom stereocenters. The number of carbonyl (C=O) groups excluding carboxylic acids is 1. The highest BCUT2D eigenvalue weighted by Gasteiger charge is 2.27. The number of benzene rings is 1. The molecule has 0 saturated carbocycles. The summed E-state index contributed by atoms with van der Waals surface area (Å²) in [6.45, 7) is 0. The Balaban J connectivity index is 2.62. The number of methoxy groups -OCH3 is 1. The van der Waals surface area contributed by atoms with Crippen LogP contribution in [0.1, 0.15) is 10.4 Å². The van der Waals surface area contributed by atoms with Crippen molar-refractivity contribution < 1.29 is 32.6 Å². The van der Waals surface area contributed by atoms with Gasteiger partial charge >= 0.3 is 12.1 Å². The number of thioether (sulfide) groups is 1. The lowest BCUT2D eigenvalue weighted by Crippen LogP contribution is -2.18. The second-order valence-corrected chi connectivity index (χ2v) is 4.86. The first-order valence-corrected chi connectivity index (χ1v) is 6.74. The second kappa shape index (κ2) is 7.21. The van der Waals surface area contributed by atoms with Crippen molar-refractivity contribution in [2.24, 2.45) is 0 Å². The number of anilines is 1. The molecule has 1 aromatic carbocycles. The van der Waals surface area contributed by atoms with E-state index >= 15 is 0 Å². The highest BCUT2D eigenvalue weighted by atomic mass is 32.2. The van der Waals surface area contributed by atoms with Gasteiger partial charge in [0.2, 0.25) is 5.91 Å². The van der Waals surface area contributed by atoms with Crippen molar-refractivity contribution in [3.05, 3.63) is 23.8 Å². The van der Waals surface area contributed by atoms with E-state index < -0.39 is 23.8 Å². The Labute approximate surface area is 122 Å². The molecule has 0 saturated heterocycles. The average molecular weight is 323 g/mol. The van der Waals surface area contributed by atoms with E-state index in [1.54, 1.807) is 0 Å². The van der Waals surface area contributed by atoms with E-state index in [1.807, 2.05) is 0 Å². The molecule has 1 aromatic rings. The van der Waals surface area contributed by atoms with Gasteiger partial charge in [-0.2, -0.15) is 13.2 Å². The van der Waals surface area contributed by atoms with E-state index in [-0.39, 0.29) is 22.8 Å². The van der Waals surface area contributed by atoms with E-state index in [1.165, 1.54) is 25.3 Å². The first kappa shape index (κ1) is 17.2. The van der Waals surface area contributed by atoms with Gasteiger partial charge in [-0.1, -0.05) is 0 Å². The number of hydrogen-bond acceptors (Lipinski definition) is 4. The molecule has 21 heavy (non-hydrogen) atoms. The lowest BCUT2D eigenvalue weighted by Gasteiger charge is -2.10. The summed E-state index contributed by atoms with van der Waals surface area (Å²) in [5.41, 5.74) is 0.163. The fourth-order valence-corrected chi connectivity index (χ4v) is 1.99. The van der Waals surface area contributed by atoms with Crippen molar-refractivity contribution in [3.8, 4) is 5.75 Å². The third-order valence-corrected chi connectivity index (χ3v) is 3.21. The van der Waals surface area contributed by atoms with Crippen LogP contribution in [-0.4, -0.2) is 41.8 Å². The SMILES string of the molecule is COc1cc(NC(=O)CSCC(F)(F)F)ccc1C(=O)O. The van der Waals surface area contributed by atoms with E-state index in [2.05, 4.69) is 5.32 Å². The first-order chi connectivity index (χ1) is 9.73. The maximum Gasteiger partial charge on any atom is 0.397 e. The lowest BCUT2D eigenvalue weighted by molar-refractivity contribution is -0.113. The molecule has 5 nitrogen and oxygen atoms in total. The number of rotatable bonds is 6. The van der Waals surface area contributed by atoms with Gasteiger partial charge in [-0.25, -0.2) is 4.79 Å². The predicted octanol–water partition coefficient (Wildman–Crippen LogP) is 2.63. The van der Waals surface area contributed by atoms with Gasteiger partial charge in [0.25, 0.3) is 0 Å². The molecule has 0 aliphatic rings. The van der Waals surface area contributed by atoms with Gasteiger partial charge in [-0.15, -0.1) is 11.8 Å². The number of amides is 1. The average Bonchev–Trinajstić information content (AvgIpc) is 2.36. The zero-order valence-electron chi connectivity index (χ0n) is 10.9. The summed E-state index contributed by atoms with van der Waals surface area (Å²) in [4.78, 5) is 22.3. The molecule has 1 rings (SSSR count). The molecule has 0 spiro atoms. The van der Waals surface area contributed by atoms with Crippen LogP contribution >= 0.6 is 11.8 Å². The molecular weight excluding hydrogens is 311 g/mol. The van der Waals surface area contributed by atoms with Crippen LogP contribution in [-0.2, 0) is 4.79 Å². The molecular formula is C12H12F3NO4S. The first-order valence-electron chi connectivity index (χ1n) is 5.58. The van der Waals surface area contributed by atoms with Crippen LogP contribution in [0.2, 0.25) is 0 Å². The molecule has 0 unspecified atom stereocenters. The van der Waals surface area contributed by atoms with E-state index in [4.69, 9.17) is 9.84 Å². The number of alkyl halides is 3. The Kier molecular flexibility index (Phi) is 5.89. The molecule has 0 aliphatic carbocycles. The van der Waals surface area contributed by atoms with Gasteiger partial charge in [0.1, 0.15) is 11.3 Å². The van der Waals surface area contributed by atoms with Gasteiger partial charge in [-0.05, 0) is 12.1 Å². The molecule has 116 valence electrons. The van der Waals surface area contributed by atoms with E-state index in [9.17, 15) is 22.8 Å². The van der Waals surface area contributed by atoms with Crippen LogP contribution in [0.5, 0.6) is 5.75 Å². The third-order valence-electron chi connectivity index (χ3n) is 2.21. The Hall–Kier alpha value is -1.90. The Morgan fingerprint density at radius 2 is 2.05 bits per heavy atom. The van der Waals surface area contributed by atoms with Crippen LogP contribution in [0.3, 0.4) is 0 Å².